The van der Waals surface area contributed by atoms with Crippen LogP contribution in [0.25, 0.3) is 0 Å². The van der Waals surface area contributed by atoms with Gasteiger partial charge in [0.15, 0.2) is 0 Å². The Balaban J connectivity index is 4.27. The van der Waals surface area contributed by atoms with Crippen molar-refractivity contribution in [3.05, 3.63) is 0 Å². The fraction of sp³-hybridized carbons (Fsp3) is 0.600. The van der Waals surface area contributed by atoms with Gasteiger partial charge < -0.3 is 10.6 Å². The van der Waals surface area contributed by atoms with Gasteiger partial charge in [0.25, 0.3) is 0 Å². The van der Waals surface area contributed by atoms with Crippen molar-refractivity contribution in [2.24, 2.45) is 0 Å². The highest BCUT2D eigenvalue weighted by atomic mass is 32.1. The molecule has 0 spiro atoms. The SMILES string of the molecule is C#CC(CC)NC(=O)C(CS)NC(C)=O. The molecule has 15 heavy (non-hydrogen) atoms. The lowest BCUT2D eigenvalue weighted by atomic mass is 10.2. The van der Waals surface area contributed by atoms with Crippen molar-refractivity contribution in [1.29, 1.82) is 0 Å². The Kier molecular flexibility index (Phi) is 6.63. The molecule has 0 aromatic rings. The standard InChI is InChI=1S/C10H16N2O2S/c1-4-8(5-2)12-10(14)9(6-15)11-7(3)13/h1,8-9,15H,5-6H2,2-3H3,(H,11,13)(H,12,14). The molecule has 0 rings (SSSR count). The molecule has 2 atom stereocenters. The average molecular weight is 228 g/mol. The summed E-state index contributed by atoms with van der Waals surface area (Å²) in [5, 5.41) is 5.12. The lowest BCUT2D eigenvalue weighted by Crippen LogP contribution is -2.49. The molecule has 4 nitrogen and oxygen atoms in total. The zero-order chi connectivity index (χ0) is 11.8. The van der Waals surface area contributed by atoms with Crippen LogP contribution in [0.1, 0.15) is 20.3 Å². The summed E-state index contributed by atoms with van der Waals surface area (Å²) in [4.78, 5) is 22.3. The molecular weight excluding hydrogens is 212 g/mol. The first-order valence-corrected chi connectivity index (χ1v) is 5.32. The largest absolute Gasteiger partial charge is 0.344 e. The average Bonchev–Trinajstić information content (AvgIpc) is 2.21. The van der Waals surface area contributed by atoms with Crippen LogP contribution in [-0.4, -0.2) is 29.7 Å². The summed E-state index contributed by atoms with van der Waals surface area (Å²) in [6.07, 6.45) is 5.86. The van der Waals surface area contributed by atoms with Crippen molar-refractivity contribution in [3.8, 4) is 12.3 Å². The monoisotopic (exact) mass is 228 g/mol. The maximum absolute atomic E-state index is 11.6. The highest BCUT2D eigenvalue weighted by Gasteiger charge is 2.19. The minimum atomic E-state index is -0.631. The molecule has 0 aliphatic carbocycles. The Labute approximate surface area is 95.6 Å². The summed E-state index contributed by atoms with van der Waals surface area (Å²) < 4.78 is 0. The molecule has 2 N–H and O–H groups in total. The van der Waals surface area contributed by atoms with Gasteiger partial charge >= 0.3 is 0 Å². The zero-order valence-corrected chi connectivity index (χ0v) is 9.80. The molecule has 0 aromatic carbocycles. The number of nitrogens with one attached hydrogen (secondary N) is 2. The van der Waals surface area contributed by atoms with Gasteiger partial charge in [0, 0.05) is 12.7 Å². The Morgan fingerprint density at radius 3 is 2.40 bits per heavy atom. The van der Waals surface area contributed by atoms with Crippen LogP contribution >= 0.6 is 12.6 Å². The number of carbonyl (C=O) groups is 2. The molecule has 0 fully saturated rings. The maximum atomic E-state index is 11.6. The quantitative estimate of drug-likeness (QED) is 0.456. The molecule has 0 saturated carbocycles. The first-order valence-electron chi connectivity index (χ1n) is 4.69. The Morgan fingerprint density at radius 1 is 1.47 bits per heavy atom. The Morgan fingerprint density at radius 2 is 2.07 bits per heavy atom. The Bertz CT molecular complexity index is 273. The van der Waals surface area contributed by atoms with Crippen LogP contribution in [0, 0.1) is 12.3 Å². The van der Waals surface area contributed by atoms with E-state index in [1.54, 1.807) is 0 Å². The van der Waals surface area contributed by atoms with Crippen LogP contribution < -0.4 is 10.6 Å². The smallest absolute Gasteiger partial charge is 0.244 e. The first kappa shape index (κ1) is 13.8. The number of hydrogen-bond donors (Lipinski definition) is 3. The number of hydrogen-bond acceptors (Lipinski definition) is 3. The Hall–Kier alpha value is -1.15. The van der Waals surface area contributed by atoms with Gasteiger partial charge in [-0.3, -0.25) is 9.59 Å². The molecular formula is C10H16N2O2S. The third-order valence-corrected chi connectivity index (χ3v) is 2.17. The van der Waals surface area contributed by atoms with Gasteiger partial charge in [-0.05, 0) is 6.42 Å². The van der Waals surface area contributed by atoms with E-state index in [0.717, 1.165) is 0 Å². The van der Waals surface area contributed by atoms with Crippen molar-refractivity contribution in [1.82, 2.24) is 10.6 Å². The minimum Gasteiger partial charge on any atom is -0.344 e. The summed E-state index contributed by atoms with van der Waals surface area (Å²) in [5.74, 6) is 2.12. The summed E-state index contributed by atoms with van der Waals surface area (Å²) in [6, 6.07) is -0.929. The number of thiol groups is 1. The fourth-order valence-electron chi connectivity index (χ4n) is 0.973. The van der Waals surface area contributed by atoms with E-state index >= 15 is 0 Å². The molecule has 0 saturated heterocycles. The second kappa shape index (κ2) is 7.18. The second-order valence-electron chi connectivity index (χ2n) is 3.07. The van der Waals surface area contributed by atoms with Crippen LogP contribution in [0.4, 0.5) is 0 Å². The van der Waals surface area contributed by atoms with Crippen molar-refractivity contribution in [2.45, 2.75) is 32.4 Å². The molecule has 0 bridgehead atoms. The third-order valence-electron chi connectivity index (χ3n) is 1.80. The highest BCUT2D eigenvalue weighted by Crippen LogP contribution is 1.93. The minimum absolute atomic E-state index is 0.242. The van der Waals surface area contributed by atoms with Gasteiger partial charge in [-0.1, -0.05) is 12.8 Å². The predicted molar refractivity (Wildman–Crippen MR) is 62.5 cm³/mol. The fourth-order valence-corrected chi connectivity index (χ4v) is 1.23. The summed E-state index contributed by atoms with van der Waals surface area (Å²) in [5.41, 5.74) is 0. The van der Waals surface area contributed by atoms with Gasteiger partial charge in [-0.2, -0.15) is 12.6 Å². The van der Waals surface area contributed by atoms with Crippen LogP contribution in [0.15, 0.2) is 0 Å². The van der Waals surface area contributed by atoms with Crippen molar-refractivity contribution < 1.29 is 9.59 Å². The molecule has 0 aliphatic rings. The van der Waals surface area contributed by atoms with Crippen LogP contribution in [-0.2, 0) is 9.59 Å². The van der Waals surface area contributed by atoms with Gasteiger partial charge in [0.05, 0.1) is 6.04 Å². The van der Waals surface area contributed by atoms with Crippen molar-refractivity contribution >= 4 is 24.4 Å². The molecule has 0 aromatic heterocycles. The third kappa shape index (κ3) is 5.33. The molecule has 0 aliphatic heterocycles. The number of carbonyl (C=O) groups excluding carboxylic acids is 2. The first-order chi connectivity index (χ1) is 7.04. The molecule has 2 amide bonds. The number of terminal acetylenes is 1. The lowest BCUT2D eigenvalue weighted by molar-refractivity contribution is -0.127. The molecule has 0 heterocycles. The van der Waals surface area contributed by atoms with E-state index in [1.807, 2.05) is 6.92 Å². The zero-order valence-electron chi connectivity index (χ0n) is 8.91. The van der Waals surface area contributed by atoms with E-state index in [9.17, 15) is 9.59 Å². The van der Waals surface area contributed by atoms with E-state index in [-0.39, 0.29) is 23.6 Å². The van der Waals surface area contributed by atoms with Crippen molar-refractivity contribution in [2.75, 3.05) is 5.75 Å². The van der Waals surface area contributed by atoms with E-state index in [0.29, 0.717) is 6.42 Å². The normalized spacial score (nSPS) is 13.5. The molecule has 0 radical (unpaired) electrons. The number of amides is 2. The van der Waals surface area contributed by atoms with Gasteiger partial charge in [0.2, 0.25) is 11.8 Å². The van der Waals surface area contributed by atoms with Crippen LogP contribution in [0.3, 0.4) is 0 Å². The summed E-state index contributed by atoms with van der Waals surface area (Å²) in [6.45, 7) is 3.22. The topological polar surface area (TPSA) is 58.2 Å². The maximum Gasteiger partial charge on any atom is 0.244 e. The molecule has 2 unspecified atom stereocenters. The van der Waals surface area contributed by atoms with Gasteiger partial charge in [-0.25, -0.2) is 0 Å². The van der Waals surface area contributed by atoms with E-state index in [2.05, 4.69) is 29.2 Å². The highest BCUT2D eigenvalue weighted by molar-refractivity contribution is 7.80. The summed E-state index contributed by atoms with van der Waals surface area (Å²) >= 11 is 3.98. The summed E-state index contributed by atoms with van der Waals surface area (Å²) in [7, 11) is 0. The van der Waals surface area contributed by atoms with E-state index in [4.69, 9.17) is 6.42 Å². The second-order valence-corrected chi connectivity index (χ2v) is 3.44. The van der Waals surface area contributed by atoms with Crippen LogP contribution in [0.2, 0.25) is 0 Å². The molecule has 5 heteroatoms. The lowest BCUT2D eigenvalue weighted by Gasteiger charge is -2.17. The number of rotatable bonds is 5. The van der Waals surface area contributed by atoms with E-state index < -0.39 is 6.04 Å². The predicted octanol–water partition coefficient (Wildman–Crippen LogP) is -0.0511. The van der Waals surface area contributed by atoms with E-state index in [1.165, 1.54) is 6.92 Å². The molecule has 84 valence electrons. The van der Waals surface area contributed by atoms with Gasteiger partial charge in [-0.15, -0.1) is 6.42 Å². The van der Waals surface area contributed by atoms with Gasteiger partial charge in [0.1, 0.15) is 6.04 Å². The van der Waals surface area contributed by atoms with Crippen LogP contribution in [0.5, 0.6) is 0 Å². The van der Waals surface area contributed by atoms with Crippen molar-refractivity contribution in [3.63, 3.8) is 0 Å².